The number of aromatic nitrogens is 1. The average Bonchev–Trinajstić information content (AvgIpc) is 2.95. The van der Waals surface area contributed by atoms with Crippen molar-refractivity contribution in [2.75, 3.05) is 13.6 Å². The number of likely N-dealkylation sites (tertiary alicyclic amines) is 1. The van der Waals surface area contributed by atoms with Crippen LogP contribution < -0.4 is 4.57 Å². The number of pyridine rings is 1. The third-order valence-electron chi connectivity index (χ3n) is 6.04. The van der Waals surface area contributed by atoms with Gasteiger partial charge in [-0.1, -0.05) is 39.0 Å². The molecule has 23 heavy (non-hydrogen) atoms. The molecule has 1 aliphatic heterocycles. The lowest BCUT2D eigenvalue weighted by Crippen LogP contribution is -2.37. The summed E-state index contributed by atoms with van der Waals surface area (Å²) in [6.45, 7) is 4.77. The molecule has 1 aromatic rings. The van der Waals surface area contributed by atoms with E-state index < -0.39 is 0 Å². The van der Waals surface area contributed by atoms with E-state index in [9.17, 15) is 0 Å². The summed E-state index contributed by atoms with van der Waals surface area (Å²) < 4.78 is 2.46. The Balaban J connectivity index is 1.52. The van der Waals surface area contributed by atoms with E-state index >= 15 is 0 Å². The lowest BCUT2D eigenvalue weighted by atomic mass is 9.81. The van der Waals surface area contributed by atoms with Crippen molar-refractivity contribution in [2.24, 2.45) is 5.92 Å². The summed E-state index contributed by atoms with van der Waals surface area (Å²) in [4.78, 5) is 2.58. The van der Waals surface area contributed by atoms with E-state index in [0.717, 1.165) is 5.92 Å². The van der Waals surface area contributed by atoms with E-state index in [4.69, 9.17) is 0 Å². The van der Waals surface area contributed by atoms with Crippen molar-refractivity contribution < 1.29 is 4.57 Å². The predicted octanol–water partition coefficient (Wildman–Crippen LogP) is 4.66. The molecule has 0 N–H and O–H groups in total. The van der Waals surface area contributed by atoms with Gasteiger partial charge in [0.25, 0.3) is 0 Å². The van der Waals surface area contributed by atoms with Gasteiger partial charge in [0.1, 0.15) is 6.54 Å². The van der Waals surface area contributed by atoms with Gasteiger partial charge in [0.05, 0.1) is 0 Å². The van der Waals surface area contributed by atoms with Gasteiger partial charge in [0.2, 0.25) is 0 Å². The number of hydrogen-bond acceptors (Lipinski definition) is 1. The van der Waals surface area contributed by atoms with Crippen LogP contribution in [-0.4, -0.2) is 18.5 Å². The zero-order valence-electron chi connectivity index (χ0n) is 15.3. The van der Waals surface area contributed by atoms with Gasteiger partial charge in [-0.2, -0.15) is 0 Å². The Kier molecular flexibility index (Phi) is 6.10. The van der Waals surface area contributed by atoms with Crippen LogP contribution in [0.2, 0.25) is 0 Å². The van der Waals surface area contributed by atoms with Crippen molar-refractivity contribution in [3.8, 4) is 0 Å². The first-order valence-electron chi connectivity index (χ1n) is 10.0. The summed E-state index contributed by atoms with van der Waals surface area (Å²) in [5.74, 6) is 0.905. The van der Waals surface area contributed by atoms with Crippen LogP contribution in [0.3, 0.4) is 0 Å². The molecular formula is C21H35N2+. The van der Waals surface area contributed by atoms with Gasteiger partial charge in [0.15, 0.2) is 12.4 Å². The Morgan fingerprint density at radius 3 is 2.70 bits per heavy atom. The molecule has 1 aromatic heterocycles. The second kappa shape index (κ2) is 8.28. The first kappa shape index (κ1) is 17.0. The molecule has 0 unspecified atom stereocenters. The Morgan fingerprint density at radius 1 is 1.09 bits per heavy atom. The zero-order valence-corrected chi connectivity index (χ0v) is 15.3. The molecule has 1 aliphatic carbocycles. The molecule has 1 saturated heterocycles. The molecule has 0 radical (unpaired) electrons. The number of fused-ring (bicyclic) bond motifs is 3. The minimum atomic E-state index is 0.695. The minimum Gasteiger partial charge on any atom is -0.299 e. The Bertz CT molecular complexity index is 497. The first-order valence-corrected chi connectivity index (χ1v) is 10.0. The molecule has 2 heteroatoms. The maximum atomic E-state index is 2.58. The van der Waals surface area contributed by atoms with Crippen molar-refractivity contribution in [1.29, 1.82) is 0 Å². The van der Waals surface area contributed by atoms with Gasteiger partial charge in [-0.15, -0.1) is 0 Å². The van der Waals surface area contributed by atoms with Crippen LogP contribution in [0.25, 0.3) is 0 Å². The van der Waals surface area contributed by atoms with Crippen molar-refractivity contribution in [1.82, 2.24) is 4.90 Å². The smallest absolute Gasteiger partial charge is 0.173 e. The standard InChI is InChI=1S/C21H35N2/c1-3-4-5-6-7-8-9-14-23-16-13-18-10-11-19-12-15-22(2)21(19)20(18)17-23/h13,16-17,19,21H,3-12,14-15H2,1-2H3/q+1/t19-,21+/m1/s1. The summed E-state index contributed by atoms with van der Waals surface area (Å²) in [5, 5.41) is 0. The number of rotatable bonds is 8. The molecule has 1 fully saturated rings. The second-order valence-electron chi connectivity index (χ2n) is 7.80. The maximum absolute atomic E-state index is 2.58. The fraction of sp³-hybridized carbons (Fsp3) is 0.762. The Hall–Kier alpha value is -0.890. The summed E-state index contributed by atoms with van der Waals surface area (Å²) in [6, 6.07) is 3.10. The summed E-state index contributed by atoms with van der Waals surface area (Å²) in [7, 11) is 2.31. The highest BCUT2D eigenvalue weighted by Gasteiger charge is 2.38. The van der Waals surface area contributed by atoms with Crippen molar-refractivity contribution in [3.05, 3.63) is 29.6 Å². The molecule has 3 rings (SSSR count). The third-order valence-corrected chi connectivity index (χ3v) is 6.04. The molecule has 0 amide bonds. The van der Waals surface area contributed by atoms with Crippen LogP contribution >= 0.6 is 0 Å². The van der Waals surface area contributed by atoms with E-state index in [-0.39, 0.29) is 0 Å². The van der Waals surface area contributed by atoms with E-state index in [1.807, 2.05) is 0 Å². The van der Waals surface area contributed by atoms with Crippen LogP contribution in [0.15, 0.2) is 18.5 Å². The topological polar surface area (TPSA) is 7.12 Å². The van der Waals surface area contributed by atoms with Crippen molar-refractivity contribution in [3.63, 3.8) is 0 Å². The van der Waals surface area contributed by atoms with Gasteiger partial charge in [-0.05, 0) is 50.8 Å². The van der Waals surface area contributed by atoms with Gasteiger partial charge in [-0.25, -0.2) is 4.57 Å². The Labute approximate surface area is 142 Å². The average molecular weight is 316 g/mol. The molecule has 2 aliphatic rings. The number of nitrogens with zero attached hydrogens (tertiary/aromatic N) is 2. The lowest BCUT2D eigenvalue weighted by Gasteiger charge is -2.30. The molecular weight excluding hydrogens is 280 g/mol. The van der Waals surface area contributed by atoms with E-state index in [2.05, 4.69) is 41.9 Å². The number of aryl methyl sites for hydroxylation is 2. The van der Waals surface area contributed by atoms with Crippen LogP contribution in [0.4, 0.5) is 0 Å². The summed E-state index contributed by atoms with van der Waals surface area (Å²) >= 11 is 0. The quantitative estimate of drug-likeness (QED) is 0.500. The fourth-order valence-corrected chi connectivity index (χ4v) is 4.63. The van der Waals surface area contributed by atoms with Crippen LogP contribution in [0.5, 0.6) is 0 Å². The molecule has 2 atom stereocenters. The summed E-state index contributed by atoms with van der Waals surface area (Å²) in [6.07, 6.45) is 18.6. The molecule has 0 saturated carbocycles. The first-order chi connectivity index (χ1) is 11.3. The van der Waals surface area contributed by atoms with Crippen LogP contribution in [-0.2, 0) is 13.0 Å². The predicted molar refractivity (Wildman–Crippen MR) is 96.4 cm³/mol. The maximum Gasteiger partial charge on any atom is 0.173 e. The van der Waals surface area contributed by atoms with Gasteiger partial charge in [0, 0.05) is 24.1 Å². The SMILES string of the molecule is CCCCCCCCC[n+]1ccc2c(c1)[C@@H]1[C@H](CC2)CCN1C. The molecule has 2 heterocycles. The van der Waals surface area contributed by atoms with Crippen molar-refractivity contribution >= 4 is 0 Å². The van der Waals surface area contributed by atoms with E-state index in [0.29, 0.717) is 6.04 Å². The monoisotopic (exact) mass is 315 g/mol. The highest BCUT2D eigenvalue weighted by molar-refractivity contribution is 5.29. The third kappa shape index (κ3) is 4.15. The number of unbranched alkanes of at least 4 members (excludes halogenated alkanes) is 6. The highest BCUT2D eigenvalue weighted by atomic mass is 15.2. The second-order valence-corrected chi connectivity index (χ2v) is 7.80. The van der Waals surface area contributed by atoms with E-state index in [1.54, 1.807) is 11.1 Å². The Morgan fingerprint density at radius 2 is 1.87 bits per heavy atom. The van der Waals surface area contributed by atoms with Crippen LogP contribution in [0, 0.1) is 5.92 Å². The van der Waals surface area contributed by atoms with Crippen molar-refractivity contribution in [2.45, 2.75) is 83.7 Å². The molecule has 0 aromatic carbocycles. The highest BCUT2D eigenvalue weighted by Crippen LogP contribution is 2.43. The number of hydrogen-bond donors (Lipinski definition) is 0. The largest absolute Gasteiger partial charge is 0.299 e. The normalized spacial score (nSPS) is 23.7. The van der Waals surface area contributed by atoms with E-state index in [1.165, 1.54) is 77.3 Å². The molecule has 2 nitrogen and oxygen atoms in total. The molecule has 128 valence electrons. The molecule has 0 spiro atoms. The van der Waals surface area contributed by atoms with Crippen LogP contribution in [0.1, 0.15) is 81.9 Å². The lowest BCUT2D eigenvalue weighted by molar-refractivity contribution is -0.698. The van der Waals surface area contributed by atoms with Gasteiger partial charge in [-0.3, -0.25) is 4.90 Å². The summed E-state index contributed by atoms with van der Waals surface area (Å²) in [5.41, 5.74) is 3.24. The fourth-order valence-electron chi connectivity index (χ4n) is 4.63. The zero-order chi connectivity index (χ0) is 16.1. The van der Waals surface area contributed by atoms with Gasteiger partial charge >= 0.3 is 0 Å². The molecule has 0 bridgehead atoms. The van der Waals surface area contributed by atoms with Gasteiger partial charge < -0.3 is 0 Å². The minimum absolute atomic E-state index is 0.695.